The van der Waals surface area contributed by atoms with Crippen molar-refractivity contribution in [3.63, 3.8) is 0 Å². The van der Waals surface area contributed by atoms with E-state index in [1.807, 2.05) is 41.1 Å². The smallest absolute Gasteiger partial charge is 0.170 e. The van der Waals surface area contributed by atoms with Gasteiger partial charge in [0.2, 0.25) is 0 Å². The minimum absolute atomic E-state index is 0.421. The van der Waals surface area contributed by atoms with E-state index in [1.54, 1.807) is 11.8 Å². The lowest BCUT2D eigenvalue weighted by Crippen LogP contribution is -2.02. The Balaban J connectivity index is 2.05. The van der Waals surface area contributed by atoms with Crippen molar-refractivity contribution in [1.82, 2.24) is 9.55 Å². The predicted molar refractivity (Wildman–Crippen MR) is 59.6 cm³/mol. The maximum atomic E-state index is 9.64. The van der Waals surface area contributed by atoms with E-state index in [1.165, 1.54) is 0 Å². The molecule has 0 saturated heterocycles. The summed E-state index contributed by atoms with van der Waals surface area (Å²) < 4.78 is 1.83. The maximum absolute atomic E-state index is 9.64. The van der Waals surface area contributed by atoms with E-state index in [0.717, 1.165) is 16.4 Å². The number of thioether (sulfide) groups is 1. The highest BCUT2D eigenvalue weighted by molar-refractivity contribution is 7.99. The van der Waals surface area contributed by atoms with E-state index in [4.69, 9.17) is 0 Å². The third-order valence-corrected chi connectivity index (χ3v) is 3.48. The predicted octanol–water partition coefficient (Wildman–Crippen LogP) is 2.15. The molecular formula is C11H10N2OS. The largest absolute Gasteiger partial charge is 0.372 e. The number of hydrogen-bond donors (Lipinski definition) is 1. The van der Waals surface area contributed by atoms with Crippen molar-refractivity contribution in [1.29, 1.82) is 0 Å². The van der Waals surface area contributed by atoms with E-state index in [-0.39, 0.29) is 0 Å². The van der Waals surface area contributed by atoms with Gasteiger partial charge in [0, 0.05) is 17.5 Å². The summed E-state index contributed by atoms with van der Waals surface area (Å²) >= 11 is 1.59. The molecule has 0 amide bonds. The first-order chi connectivity index (χ1) is 7.34. The fourth-order valence-electron chi connectivity index (χ4n) is 1.67. The first kappa shape index (κ1) is 9.00. The first-order valence-corrected chi connectivity index (χ1v) is 5.78. The van der Waals surface area contributed by atoms with Crippen LogP contribution in [0.3, 0.4) is 0 Å². The summed E-state index contributed by atoms with van der Waals surface area (Å²) in [6, 6.07) is 10.0. The van der Waals surface area contributed by atoms with Gasteiger partial charge in [-0.15, -0.1) is 0 Å². The molecule has 2 aromatic rings. The standard InChI is InChI=1S/C11H10N2OS/c14-10-7-15-11-12-9(6-13(10)11)8-4-2-1-3-5-8/h1-6,10,14H,7H2. The normalized spacial score (nSPS) is 19.1. The molecule has 1 atom stereocenters. The second kappa shape index (κ2) is 3.40. The van der Waals surface area contributed by atoms with Gasteiger partial charge in [0.25, 0.3) is 0 Å². The molecule has 0 bridgehead atoms. The maximum Gasteiger partial charge on any atom is 0.170 e. The summed E-state index contributed by atoms with van der Waals surface area (Å²) in [5.41, 5.74) is 2.02. The first-order valence-electron chi connectivity index (χ1n) is 4.80. The molecule has 0 aliphatic carbocycles. The van der Waals surface area contributed by atoms with Crippen LogP contribution in [0, 0.1) is 0 Å². The minimum Gasteiger partial charge on any atom is -0.372 e. The monoisotopic (exact) mass is 218 g/mol. The average molecular weight is 218 g/mol. The van der Waals surface area contributed by atoms with Crippen LogP contribution in [-0.2, 0) is 0 Å². The molecule has 3 rings (SSSR count). The summed E-state index contributed by atoms with van der Waals surface area (Å²) in [5, 5.41) is 10.5. The number of aliphatic hydroxyl groups is 1. The van der Waals surface area contributed by atoms with Gasteiger partial charge in [-0.3, -0.25) is 4.57 Å². The molecular weight excluding hydrogens is 208 g/mol. The number of aliphatic hydroxyl groups excluding tert-OH is 1. The number of rotatable bonds is 1. The lowest BCUT2D eigenvalue weighted by Gasteiger charge is -2.01. The van der Waals surface area contributed by atoms with Gasteiger partial charge in [0.1, 0.15) is 6.23 Å². The molecule has 1 aliphatic rings. The van der Waals surface area contributed by atoms with E-state index in [9.17, 15) is 5.11 Å². The van der Waals surface area contributed by atoms with Crippen LogP contribution in [0.5, 0.6) is 0 Å². The van der Waals surface area contributed by atoms with Crippen molar-refractivity contribution >= 4 is 11.8 Å². The molecule has 0 saturated carbocycles. The van der Waals surface area contributed by atoms with Crippen molar-refractivity contribution in [2.75, 3.05) is 5.75 Å². The van der Waals surface area contributed by atoms with Gasteiger partial charge in [-0.2, -0.15) is 0 Å². The van der Waals surface area contributed by atoms with Crippen LogP contribution in [0.25, 0.3) is 11.3 Å². The lowest BCUT2D eigenvalue weighted by atomic mass is 10.2. The van der Waals surface area contributed by atoms with E-state index >= 15 is 0 Å². The number of imidazole rings is 1. The van der Waals surface area contributed by atoms with E-state index in [0.29, 0.717) is 5.75 Å². The summed E-state index contributed by atoms with van der Waals surface area (Å²) in [4.78, 5) is 4.48. The summed E-state index contributed by atoms with van der Waals surface area (Å²) in [6.45, 7) is 0. The Morgan fingerprint density at radius 2 is 2.13 bits per heavy atom. The number of benzene rings is 1. The van der Waals surface area contributed by atoms with Crippen molar-refractivity contribution in [2.24, 2.45) is 0 Å². The second-order valence-corrected chi connectivity index (χ2v) is 4.46. The van der Waals surface area contributed by atoms with Gasteiger partial charge >= 0.3 is 0 Å². The zero-order valence-electron chi connectivity index (χ0n) is 8.00. The van der Waals surface area contributed by atoms with E-state index < -0.39 is 6.23 Å². The summed E-state index contributed by atoms with van der Waals surface area (Å²) in [5.74, 6) is 0.706. The number of hydrogen-bond acceptors (Lipinski definition) is 3. The number of fused-ring (bicyclic) bond motifs is 1. The topological polar surface area (TPSA) is 38.1 Å². The van der Waals surface area contributed by atoms with Crippen LogP contribution in [0.2, 0.25) is 0 Å². The van der Waals surface area contributed by atoms with Crippen molar-refractivity contribution < 1.29 is 5.11 Å². The zero-order valence-corrected chi connectivity index (χ0v) is 8.81. The molecule has 76 valence electrons. The molecule has 0 radical (unpaired) electrons. The van der Waals surface area contributed by atoms with Crippen molar-refractivity contribution in [3.05, 3.63) is 36.5 Å². The fourth-order valence-corrected chi connectivity index (χ4v) is 2.62. The lowest BCUT2D eigenvalue weighted by molar-refractivity contribution is 0.127. The molecule has 4 heteroatoms. The Morgan fingerprint density at radius 3 is 2.87 bits per heavy atom. The van der Waals surface area contributed by atoms with Gasteiger partial charge in [0.15, 0.2) is 5.16 Å². The van der Waals surface area contributed by atoms with Crippen LogP contribution in [0.4, 0.5) is 0 Å². The van der Waals surface area contributed by atoms with Gasteiger partial charge in [-0.25, -0.2) is 4.98 Å². The van der Waals surface area contributed by atoms with Gasteiger partial charge in [-0.1, -0.05) is 42.1 Å². The summed E-state index contributed by atoms with van der Waals surface area (Å²) in [7, 11) is 0. The van der Waals surface area contributed by atoms with Crippen LogP contribution < -0.4 is 0 Å². The molecule has 1 N–H and O–H groups in total. The zero-order chi connectivity index (χ0) is 10.3. The minimum atomic E-state index is -0.421. The molecule has 2 heterocycles. The highest BCUT2D eigenvalue weighted by Crippen LogP contribution is 2.33. The average Bonchev–Trinajstić information content (AvgIpc) is 2.83. The Labute approximate surface area is 91.8 Å². The van der Waals surface area contributed by atoms with E-state index in [2.05, 4.69) is 4.98 Å². The molecule has 0 fully saturated rings. The Kier molecular flexibility index (Phi) is 2.04. The van der Waals surface area contributed by atoms with Crippen LogP contribution in [-0.4, -0.2) is 20.4 Å². The molecule has 1 aliphatic heterocycles. The third-order valence-electron chi connectivity index (χ3n) is 2.45. The van der Waals surface area contributed by atoms with Gasteiger partial charge in [0.05, 0.1) is 5.69 Å². The quantitative estimate of drug-likeness (QED) is 0.797. The molecule has 0 spiro atoms. The highest BCUT2D eigenvalue weighted by Gasteiger charge is 2.22. The third kappa shape index (κ3) is 1.46. The molecule has 1 unspecified atom stereocenters. The van der Waals surface area contributed by atoms with Crippen molar-refractivity contribution in [3.8, 4) is 11.3 Å². The number of aromatic nitrogens is 2. The Hall–Kier alpha value is -1.26. The SMILES string of the molecule is OC1CSc2nc(-c3ccccc3)cn21. The molecule has 1 aromatic heterocycles. The van der Waals surface area contributed by atoms with Gasteiger partial charge in [-0.05, 0) is 0 Å². The highest BCUT2D eigenvalue weighted by atomic mass is 32.2. The Morgan fingerprint density at radius 1 is 1.33 bits per heavy atom. The molecule has 3 nitrogen and oxygen atoms in total. The second-order valence-electron chi connectivity index (χ2n) is 3.47. The Bertz CT molecular complexity index is 481. The van der Waals surface area contributed by atoms with Crippen LogP contribution in [0.15, 0.2) is 41.7 Å². The van der Waals surface area contributed by atoms with Crippen molar-refractivity contribution in [2.45, 2.75) is 11.4 Å². The van der Waals surface area contributed by atoms with Crippen LogP contribution in [0.1, 0.15) is 6.23 Å². The number of nitrogens with zero attached hydrogens (tertiary/aromatic N) is 2. The van der Waals surface area contributed by atoms with Gasteiger partial charge < -0.3 is 5.11 Å². The van der Waals surface area contributed by atoms with Crippen LogP contribution >= 0.6 is 11.8 Å². The molecule has 15 heavy (non-hydrogen) atoms. The summed E-state index contributed by atoms with van der Waals surface area (Å²) in [6.07, 6.45) is 1.49. The molecule has 1 aromatic carbocycles. The fraction of sp³-hybridized carbons (Fsp3) is 0.182.